The van der Waals surface area contributed by atoms with Gasteiger partial charge >= 0.3 is 11.9 Å². The molecule has 4 heterocycles. The van der Waals surface area contributed by atoms with Gasteiger partial charge in [-0.2, -0.15) is 0 Å². The van der Waals surface area contributed by atoms with Crippen LogP contribution in [0, 0.1) is 28.1 Å². The van der Waals surface area contributed by atoms with Crippen LogP contribution in [0.25, 0.3) is 0 Å². The Hall–Kier alpha value is -2.23. The molecule has 2 aliphatic carbocycles. The first-order valence-corrected chi connectivity index (χ1v) is 12.2. The number of ether oxygens (including phenoxy) is 3. The number of ketones is 1. The number of fused-ring (bicyclic) bond motifs is 3. The second kappa shape index (κ2) is 6.95. The maximum Gasteiger partial charge on any atom is 0.339 e. The van der Waals surface area contributed by atoms with Crippen LogP contribution in [0.2, 0.25) is 0 Å². The fourth-order valence-electron chi connectivity index (χ4n) is 8.90. The van der Waals surface area contributed by atoms with Crippen molar-refractivity contribution in [3.8, 4) is 0 Å². The number of hydrogen-bond acceptors (Lipinski definition) is 8. The van der Waals surface area contributed by atoms with E-state index in [9.17, 15) is 19.5 Å². The highest BCUT2D eigenvalue weighted by atomic mass is 16.7. The van der Waals surface area contributed by atoms with Crippen molar-refractivity contribution < 1.29 is 43.6 Å². The van der Waals surface area contributed by atoms with Gasteiger partial charge in [0.1, 0.15) is 23.1 Å². The van der Waals surface area contributed by atoms with Crippen LogP contribution in [0.4, 0.5) is 0 Å². The lowest BCUT2D eigenvalue weighted by molar-refractivity contribution is -0.231. The van der Waals surface area contributed by atoms with Crippen LogP contribution in [0.1, 0.15) is 72.0 Å². The van der Waals surface area contributed by atoms with Gasteiger partial charge < -0.3 is 29.2 Å². The summed E-state index contributed by atoms with van der Waals surface area (Å²) < 4.78 is 23.2. The van der Waals surface area contributed by atoms with E-state index in [1.54, 1.807) is 18.6 Å². The molecule has 5 fully saturated rings. The van der Waals surface area contributed by atoms with Crippen LogP contribution >= 0.6 is 0 Å². The quantitative estimate of drug-likeness (QED) is 0.466. The van der Waals surface area contributed by atoms with E-state index in [1.165, 1.54) is 0 Å². The van der Waals surface area contributed by atoms with E-state index < -0.39 is 57.7 Å². The Balaban J connectivity index is 0.00000253. The Morgan fingerprint density at radius 2 is 1.71 bits per heavy atom. The lowest BCUT2D eigenvalue weighted by Crippen LogP contribution is -2.72. The molecule has 5 aliphatic rings. The smallest absolute Gasteiger partial charge is 0.339 e. The fraction of sp³-hybridized carbons (Fsp3) is 0.731. The van der Waals surface area contributed by atoms with Gasteiger partial charge in [0.25, 0.3) is 0 Å². The summed E-state index contributed by atoms with van der Waals surface area (Å²) in [7, 11) is 0. The van der Waals surface area contributed by atoms with Crippen molar-refractivity contribution in [3.63, 3.8) is 0 Å². The summed E-state index contributed by atoms with van der Waals surface area (Å²) in [6, 6.07) is 1.79. The van der Waals surface area contributed by atoms with Crippen LogP contribution in [0.15, 0.2) is 23.0 Å². The molecule has 6 rings (SSSR count). The average molecular weight is 491 g/mol. The third-order valence-corrected chi connectivity index (χ3v) is 10.5. The molecule has 0 unspecified atom stereocenters. The molecule has 9 atom stereocenters. The van der Waals surface area contributed by atoms with Crippen molar-refractivity contribution >= 4 is 17.7 Å². The number of esters is 2. The number of furan rings is 1. The Morgan fingerprint density at radius 3 is 2.37 bits per heavy atom. The lowest BCUT2D eigenvalue weighted by atomic mass is 9.37. The van der Waals surface area contributed by atoms with Crippen LogP contribution in [-0.4, -0.2) is 51.7 Å². The minimum absolute atomic E-state index is 0. The largest absolute Gasteiger partial charge is 0.472 e. The zero-order chi connectivity index (χ0) is 24.5. The Bertz CT molecular complexity index is 1090. The number of epoxide rings is 1. The molecule has 192 valence electrons. The molecular formula is C26H34O9. The van der Waals surface area contributed by atoms with Gasteiger partial charge in [0, 0.05) is 28.7 Å². The van der Waals surface area contributed by atoms with Crippen LogP contribution < -0.4 is 0 Å². The summed E-state index contributed by atoms with van der Waals surface area (Å²) in [5.74, 6) is -1.59. The van der Waals surface area contributed by atoms with Gasteiger partial charge in [-0.15, -0.1) is 0 Å². The molecule has 2 saturated carbocycles. The highest BCUT2D eigenvalue weighted by molar-refractivity contribution is 5.93. The van der Waals surface area contributed by atoms with Crippen LogP contribution in [-0.2, 0) is 28.6 Å². The summed E-state index contributed by atoms with van der Waals surface area (Å²) >= 11 is 0. The van der Waals surface area contributed by atoms with E-state index in [0.717, 1.165) is 5.56 Å². The van der Waals surface area contributed by atoms with Gasteiger partial charge in [0.2, 0.25) is 0 Å². The Labute approximate surface area is 203 Å². The molecule has 0 amide bonds. The van der Waals surface area contributed by atoms with E-state index in [1.807, 2.05) is 34.6 Å². The number of cyclic esters (lactones) is 2. The highest BCUT2D eigenvalue weighted by Crippen LogP contribution is 2.78. The molecule has 3 aliphatic heterocycles. The summed E-state index contributed by atoms with van der Waals surface area (Å²) in [6.07, 6.45) is 1.99. The number of carbonyl (C=O) groups excluding carboxylic acids is 3. The first-order chi connectivity index (χ1) is 15.8. The molecule has 0 bridgehead atoms. The number of carbonyl (C=O) groups is 3. The number of rotatable bonds is 1. The van der Waals surface area contributed by atoms with E-state index in [2.05, 4.69) is 0 Å². The second-order valence-electron chi connectivity index (χ2n) is 12.2. The molecule has 0 radical (unpaired) electrons. The van der Waals surface area contributed by atoms with Crippen molar-refractivity contribution in [3.05, 3.63) is 24.2 Å². The Kier molecular flexibility index (Phi) is 4.86. The van der Waals surface area contributed by atoms with Gasteiger partial charge in [-0.25, -0.2) is 4.79 Å². The van der Waals surface area contributed by atoms with Gasteiger partial charge in [-0.1, -0.05) is 13.8 Å². The standard InChI is InChI=1S/C26H32O8.H2O/c1-22(2)15-10-17(28)25(5)14(24(15,4)16(27)11-18(29)33-22)6-8-23(3)19(13-7-9-31-12-13)32-21(30)20-26(23,25)34-20;/h7,9,12,14-16,19-20,27H,6,8,10-11H2,1-5H3;1H2/t14-,15+,16+,19+,20-,23+,24-,25+,26-;/m1./s1. The maximum absolute atomic E-state index is 14.2. The molecule has 1 aromatic heterocycles. The Morgan fingerprint density at radius 1 is 1.00 bits per heavy atom. The number of aliphatic hydroxyl groups is 1. The summed E-state index contributed by atoms with van der Waals surface area (Å²) in [4.78, 5) is 39.8. The molecular weight excluding hydrogens is 456 g/mol. The summed E-state index contributed by atoms with van der Waals surface area (Å²) in [6.45, 7) is 9.61. The highest BCUT2D eigenvalue weighted by Gasteiger charge is 2.88. The molecule has 1 aromatic rings. The van der Waals surface area contributed by atoms with E-state index in [-0.39, 0.29) is 35.9 Å². The minimum atomic E-state index is -1.05. The van der Waals surface area contributed by atoms with Gasteiger partial charge in [-0.3, -0.25) is 9.59 Å². The third-order valence-electron chi connectivity index (χ3n) is 10.5. The number of Topliss-reactive ketones (excluding diaryl/α,β-unsaturated/α-hetero) is 1. The predicted octanol–water partition coefficient (Wildman–Crippen LogP) is 2.29. The third kappa shape index (κ3) is 2.57. The lowest BCUT2D eigenvalue weighted by Gasteiger charge is -2.66. The van der Waals surface area contributed by atoms with E-state index in [0.29, 0.717) is 12.8 Å². The topological polar surface area (TPSA) is 147 Å². The molecule has 9 heteroatoms. The SMILES string of the molecule is CC1(C)OC(=O)C[C@H](O)[C@]2(C)[C@H]3CC[C@@]4(C)[C@H](c5ccoc5)OC(=O)[C@H]5O[C@]54[C@]3(C)C(=O)C[C@@H]12.O. The van der Waals surface area contributed by atoms with Crippen molar-refractivity contribution in [2.75, 3.05) is 0 Å². The van der Waals surface area contributed by atoms with Crippen molar-refractivity contribution in [1.29, 1.82) is 0 Å². The second-order valence-corrected chi connectivity index (χ2v) is 12.2. The monoisotopic (exact) mass is 490 g/mol. The summed E-state index contributed by atoms with van der Waals surface area (Å²) in [5.41, 5.74) is -3.69. The number of hydrogen-bond donors (Lipinski definition) is 1. The molecule has 0 aromatic carbocycles. The van der Waals surface area contributed by atoms with Crippen molar-refractivity contribution in [2.45, 2.75) is 89.8 Å². The fourth-order valence-corrected chi connectivity index (χ4v) is 8.90. The molecule has 1 spiro atoms. The summed E-state index contributed by atoms with van der Waals surface area (Å²) in [5, 5.41) is 11.4. The molecule has 3 saturated heterocycles. The molecule has 35 heavy (non-hydrogen) atoms. The van der Waals surface area contributed by atoms with Gasteiger partial charge in [0.15, 0.2) is 6.10 Å². The molecule has 3 N–H and O–H groups in total. The van der Waals surface area contributed by atoms with Crippen LogP contribution in [0.3, 0.4) is 0 Å². The normalized spacial score (nSPS) is 49.7. The predicted molar refractivity (Wildman–Crippen MR) is 120 cm³/mol. The first kappa shape index (κ1) is 24.5. The number of aliphatic hydroxyl groups excluding tert-OH is 1. The van der Waals surface area contributed by atoms with E-state index in [4.69, 9.17) is 18.6 Å². The van der Waals surface area contributed by atoms with Crippen LogP contribution in [0.5, 0.6) is 0 Å². The zero-order valence-electron chi connectivity index (χ0n) is 20.8. The minimum Gasteiger partial charge on any atom is -0.472 e. The van der Waals surface area contributed by atoms with Crippen molar-refractivity contribution in [2.24, 2.45) is 28.1 Å². The van der Waals surface area contributed by atoms with Gasteiger partial charge in [0.05, 0.1) is 30.5 Å². The molecule has 9 nitrogen and oxygen atoms in total. The average Bonchev–Trinajstić information content (AvgIpc) is 3.33. The first-order valence-electron chi connectivity index (χ1n) is 12.2. The van der Waals surface area contributed by atoms with E-state index >= 15 is 0 Å². The van der Waals surface area contributed by atoms with Crippen molar-refractivity contribution in [1.82, 2.24) is 0 Å². The van der Waals surface area contributed by atoms with Gasteiger partial charge in [-0.05, 0) is 45.6 Å². The maximum atomic E-state index is 14.2. The zero-order valence-corrected chi connectivity index (χ0v) is 20.8.